The number of aryl methyl sites for hydroxylation is 1. The van der Waals surface area contributed by atoms with Gasteiger partial charge in [0.2, 0.25) is 5.91 Å². The number of benzene rings is 2. The fraction of sp³-hybridized carbons (Fsp3) is 0.182. The average Bonchev–Trinajstić information content (AvgIpc) is 2.72. The number of halogens is 1. The Morgan fingerprint density at radius 2 is 1.79 bits per heavy atom. The van der Waals surface area contributed by atoms with Crippen LogP contribution in [0, 0.1) is 6.92 Å². The van der Waals surface area contributed by atoms with Gasteiger partial charge in [0.25, 0.3) is 0 Å². The number of amides is 1. The van der Waals surface area contributed by atoms with Crippen molar-refractivity contribution in [3.8, 4) is 0 Å². The number of Topliss-reactive ketones (excluding diaryl/α,β-unsaturated/α-hetero) is 1. The lowest BCUT2D eigenvalue weighted by Crippen LogP contribution is -2.16. The number of aromatic nitrogens is 1. The van der Waals surface area contributed by atoms with Crippen LogP contribution in [0.5, 0.6) is 0 Å². The fourth-order valence-electron chi connectivity index (χ4n) is 2.73. The van der Waals surface area contributed by atoms with Crippen molar-refractivity contribution in [2.24, 2.45) is 0 Å². The van der Waals surface area contributed by atoms with Crippen molar-refractivity contribution in [3.05, 3.63) is 70.4 Å². The van der Waals surface area contributed by atoms with Gasteiger partial charge in [0.1, 0.15) is 0 Å². The molecule has 0 atom stereocenters. The van der Waals surface area contributed by atoms with Crippen molar-refractivity contribution in [3.63, 3.8) is 0 Å². The summed E-state index contributed by atoms with van der Waals surface area (Å²) in [5.74, 6) is -1.09. The summed E-state index contributed by atoms with van der Waals surface area (Å²) in [6.45, 7) is 3.06. The van der Waals surface area contributed by atoms with E-state index in [1.165, 1.54) is 0 Å². The molecular weight excluding hydrogens is 392 g/mol. The smallest absolute Gasteiger partial charge is 0.340 e. The van der Waals surface area contributed by atoms with Gasteiger partial charge in [-0.3, -0.25) is 14.6 Å². The van der Waals surface area contributed by atoms with Crippen molar-refractivity contribution in [2.45, 2.75) is 20.3 Å². The summed E-state index contributed by atoms with van der Waals surface area (Å²) in [6.07, 6.45) is 0.367. The number of hydrogen-bond donors (Lipinski definition) is 1. The minimum atomic E-state index is -0.628. The van der Waals surface area contributed by atoms with E-state index in [1.807, 2.05) is 0 Å². The molecule has 0 spiro atoms. The molecule has 0 aliphatic carbocycles. The maximum Gasteiger partial charge on any atom is 0.340 e. The molecule has 2 aromatic carbocycles. The van der Waals surface area contributed by atoms with Crippen molar-refractivity contribution >= 4 is 45.9 Å². The molecule has 6 nitrogen and oxygen atoms in total. The summed E-state index contributed by atoms with van der Waals surface area (Å²) in [5.41, 5.74) is 2.49. The van der Waals surface area contributed by atoms with Gasteiger partial charge >= 0.3 is 5.97 Å². The zero-order chi connectivity index (χ0) is 21.0. The summed E-state index contributed by atoms with van der Waals surface area (Å²) < 4.78 is 5.19. The molecule has 1 amide bonds. The van der Waals surface area contributed by atoms with Crippen molar-refractivity contribution < 1.29 is 19.1 Å². The molecule has 1 aromatic heterocycles. The molecule has 0 saturated carbocycles. The van der Waals surface area contributed by atoms with Crippen LogP contribution in [0.4, 0.5) is 5.69 Å². The van der Waals surface area contributed by atoms with E-state index in [-0.39, 0.29) is 17.3 Å². The van der Waals surface area contributed by atoms with Gasteiger partial charge in [-0.15, -0.1) is 0 Å². The molecule has 0 aliphatic rings. The molecule has 0 fully saturated rings. The Morgan fingerprint density at radius 3 is 2.48 bits per heavy atom. The van der Waals surface area contributed by atoms with Gasteiger partial charge < -0.3 is 10.1 Å². The number of esters is 1. The van der Waals surface area contributed by atoms with Crippen LogP contribution in [0.2, 0.25) is 5.02 Å². The number of anilines is 1. The summed E-state index contributed by atoms with van der Waals surface area (Å²) in [6, 6.07) is 13.3. The van der Waals surface area contributed by atoms with Gasteiger partial charge in [-0.1, -0.05) is 18.5 Å². The monoisotopic (exact) mass is 410 g/mol. The molecule has 0 bridgehead atoms. The third kappa shape index (κ3) is 4.97. The van der Waals surface area contributed by atoms with E-state index in [1.54, 1.807) is 62.4 Å². The molecule has 0 unspecified atom stereocenters. The normalized spacial score (nSPS) is 10.6. The second-order valence-electron chi connectivity index (χ2n) is 6.44. The van der Waals surface area contributed by atoms with Crippen LogP contribution >= 0.6 is 11.6 Å². The predicted molar refractivity (Wildman–Crippen MR) is 111 cm³/mol. The van der Waals surface area contributed by atoms with Crippen LogP contribution in [0.15, 0.2) is 48.5 Å². The maximum atomic E-state index is 12.4. The number of rotatable bonds is 6. The second kappa shape index (κ2) is 8.84. The van der Waals surface area contributed by atoms with Gasteiger partial charge in [0.05, 0.1) is 16.8 Å². The zero-order valence-corrected chi connectivity index (χ0v) is 16.7. The number of ether oxygens (including phenoxy) is 1. The Kier molecular flexibility index (Phi) is 6.24. The standard InChI is InChI=1S/C22H19ClN2O4/c1-3-21(27)25-17-7-4-14(5-8-17)20(26)12-29-22(28)18-11-15-10-16(23)6-9-19(15)24-13(18)2/h4-11H,3,12H2,1-2H3,(H,25,27). The summed E-state index contributed by atoms with van der Waals surface area (Å²) in [4.78, 5) is 40.5. The third-order valence-electron chi connectivity index (χ3n) is 4.33. The molecule has 29 heavy (non-hydrogen) atoms. The number of carbonyl (C=O) groups excluding carboxylic acids is 3. The quantitative estimate of drug-likeness (QED) is 0.474. The Balaban J connectivity index is 1.67. The minimum absolute atomic E-state index is 0.112. The van der Waals surface area contributed by atoms with E-state index in [0.717, 1.165) is 5.52 Å². The zero-order valence-electron chi connectivity index (χ0n) is 16.0. The molecule has 0 saturated heterocycles. The molecule has 3 aromatic rings. The number of carbonyl (C=O) groups is 3. The van der Waals surface area contributed by atoms with E-state index in [9.17, 15) is 14.4 Å². The molecule has 0 radical (unpaired) electrons. The van der Waals surface area contributed by atoms with Gasteiger partial charge in [0.15, 0.2) is 12.4 Å². The van der Waals surface area contributed by atoms with Crippen molar-refractivity contribution in [1.82, 2.24) is 4.98 Å². The minimum Gasteiger partial charge on any atom is -0.454 e. The van der Waals surface area contributed by atoms with Crippen LogP contribution in [-0.2, 0) is 9.53 Å². The van der Waals surface area contributed by atoms with Crippen LogP contribution in [0.25, 0.3) is 10.9 Å². The van der Waals surface area contributed by atoms with Gasteiger partial charge in [-0.2, -0.15) is 0 Å². The molecule has 0 aliphatic heterocycles. The Bertz CT molecular complexity index is 1090. The van der Waals surface area contributed by atoms with Gasteiger partial charge in [-0.05, 0) is 55.5 Å². The highest BCUT2D eigenvalue weighted by Crippen LogP contribution is 2.21. The summed E-state index contributed by atoms with van der Waals surface area (Å²) in [5, 5.41) is 3.95. The third-order valence-corrected chi connectivity index (χ3v) is 4.57. The molecular formula is C22H19ClN2O4. The van der Waals surface area contributed by atoms with Crippen molar-refractivity contribution in [2.75, 3.05) is 11.9 Å². The van der Waals surface area contributed by atoms with Gasteiger partial charge in [0, 0.05) is 28.1 Å². The maximum absolute atomic E-state index is 12.4. The Labute approximate surface area is 172 Å². The SMILES string of the molecule is CCC(=O)Nc1ccc(C(=O)COC(=O)c2cc3cc(Cl)ccc3nc2C)cc1. The summed E-state index contributed by atoms with van der Waals surface area (Å²) in [7, 11) is 0. The highest BCUT2D eigenvalue weighted by Gasteiger charge is 2.16. The molecule has 1 N–H and O–H groups in total. The first kappa shape index (κ1) is 20.5. The molecule has 1 heterocycles. The molecule has 148 valence electrons. The second-order valence-corrected chi connectivity index (χ2v) is 6.87. The van der Waals surface area contributed by atoms with Crippen LogP contribution < -0.4 is 5.32 Å². The van der Waals surface area contributed by atoms with Crippen molar-refractivity contribution in [1.29, 1.82) is 0 Å². The lowest BCUT2D eigenvalue weighted by atomic mass is 10.1. The van der Waals surface area contributed by atoms with Crippen LogP contribution in [-0.4, -0.2) is 29.3 Å². The average molecular weight is 411 g/mol. The van der Waals surface area contributed by atoms with Crippen LogP contribution in [0.1, 0.15) is 39.8 Å². The molecule has 7 heteroatoms. The van der Waals surface area contributed by atoms with E-state index < -0.39 is 12.6 Å². The van der Waals surface area contributed by atoms with Crippen LogP contribution in [0.3, 0.4) is 0 Å². The van der Waals surface area contributed by atoms with E-state index in [4.69, 9.17) is 16.3 Å². The first-order valence-corrected chi connectivity index (χ1v) is 9.42. The first-order valence-electron chi connectivity index (χ1n) is 9.04. The highest BCUT2D eigenvalue weighted by atomic mass is 35.5. The number of nitrogens with zero attached hydrogens (tertiary/aromatic N) is 1. The number of hydrogen-bond acceptors (Lipinski definition) is 5. The predicted octanol–water partition coefficient (Wildman–Crippen LogP) is 4.58. The number of fused-ring (bicyclic) bond motifs is 1. The van der Waals surface area contributed by atoms with Gasteiger partial charge in [-0.25, -0.2) is 4.79 Å². The number of pyridine rings is 1. The highest BCUT2D eigenvalue weighted by molar-refractivity contribution is 6.31. The first-order chi connectivity index (χ1) is 13.9. The number of nitrogens with one attached hydrogen (secondary N) is 1. The Morgan fingerprint density at radius 1 is 1.07 bits per heavy atom. The summed E-state index contributed by atoms with van der Waals surface area (Å²) >= 11 is 6.00. The largest absolute Gasteiger partial charge is 0.454 e. The lowest BCUT2D eigenvalue weighted by molar-refractivity contribution is -0.115. The van der Waals surface area contributed by atoms with E-state index >= 15 is 0 Å². The molecule has 3 rings (SSSR count). The van der Waals surface area contributed by atoms with E-state index in [0.29, 0.717) is 33.8 Å². The Hall–Kier alpha value is -3.25. The topological polar surface area (TPSA) is 85.4 Å². The fourth-order valence-corrected chi connectivity index (χ4v) is 2.91. The lowest BCUT2D eigenvalue weighted by Gasteiger charge is -2.09. The van der Waals surface area contributed by atoms with E-state index in [2.05, 4.69) is 10.3 Å². The number of ketones is 1.